The van der Waals surface area contributed by atoms with Crippen LogP contribution in [0, 0.1) is 3.70 Å². The molecule has 1 fully saturated rings. The van der Waals surface area contributed by atoms with E-state index in [-0.39, 0.29) is 12.8 Å². The summed E-state index contributed by atoms with van der Waals surface area (Å²) >= 11 is 2.12. The molecule has 1 saturated heterocycles. The average Bonchev–Trinajstić information content (AvgIpc) is 3.17. The number of benzene rings is 2. The highest BCUT2D eigenvalue weighted by Gasteiger charge is 2.31. The molecule has 0 radical (unpaired) electrons. The Hall–Kier alpha value is -2.47. The van der Waals surface area contributed by atoms with Gasteiger partial charge in [-0.05, 0) is 65.6 Å². The van der Waals surface area contributed by atoms with Gasteiger partial charge in [-0.15, -0.1) is 0 Å². The summed E-state index contributed by atoms with van der Waals surface area (Å²) in [5, 5.41) is 7.47. The second-order valence-corrected chi connectivity index (χ2v) is 8.82. The van der Waals surface area contributed by atoms with Gasteiger partial charge in [0.25, 0.3) is 5.92 Å². The largest absolute Gasteiger partial charge is 0.487 e. The third kappa shape index (κ3) is 6.32. The zero-order valence-corrected chi connectivity index (χ0v) is 20.0. The second kappa shape index (κ2) is 10.6. The van der Waals surface area contributed by atoms with Crippen LogP contribution in [0.15, 0.2) is 48.5 Å². The first-order valence-corrected chi connectivity index (χ1v) is 11.7. The molecule has 33 heavy (non-hydrogen) atoms. The smallest absolute Gasteiger partial charge is 0.407 e. The van der Waals surface area contributed by atoms with Gasteiger partial charge >= 0.3 is 6.09 Å². The fourth-order valence-electron chi connectivity index (χ4n) is 3.52. The average molecular weight is 571 g/mol. The van der Waals surface area contributed by atoms with Gasteiger partial charge in [0.1, 0.15) is 16.1 Å². The first-order valence-electron chi connectivity index (χ1n) is 10.7. The summed E-state index contributed by atoms with van der Waals surface area (Å²) in [6, 6.07) is 14.1. The first-order chi connectivity index (χ1) is 15.9. The van der Waals surface area contributed by atoms with Crippen molar-refractivity contribution in [3.8, 4) is 5.75 Å². The number of rotatable bonds is 8. The van der Waals surface area contributed by atoms with Gasteiger partial charge in [-0.2, -0.15) is 5.10 Å². The van der Waals surface area contributed by atoms with Gasteiger partial charge in [0.15, 0.2) is 12.8 Å². The van der Waals surface area contributed by atoms with Crippen LogP contribution in [0.1, 0.15) is 31.1 Å². The molecule has 1 aliphatic rings. The Balaban J connectivity index is 1.30. The maximum atomic E-state index is 14.2. The van der Waals surface area contributed by atoms with E-state index in [2.05, 4.69) is 33.0 Å². The molecule has 0 aliphatic carbocycles. The lowest BCUT2D eigenvalue weighted by molar-refractivity contribution is -0.0386. The SMILES string of the molecule is O=C(NCC(F)(F)COc1ccc2c(c1)c(I)nn2C1CCCCO1)OCc1ccccc1. The molecular formula is C23H24F2IN3O4. The number of alkyl halides is 2. The molecule has 1 unspecified atom stereocenters. The van der Waals surface area contributed by atoms with Crippen molar-refractivity contribution in [3.05, 3.63) is 57.8 Å². The molecule has 7 nitrogen and oxygen atoms in total. The summed E-state index contributed by atoms with van der Waals surface area (Å²) < 4.78 is 47.2. The Morgan fingerprint density at radius 2 is 2.06 bits per heavy atom. The summed E-state index contributed by atoms with van der Waals surface area (Å²) in [6.45, 7) is -1.06. The molecular weight excluding hydrogens is 547 g/mol. The molecule has 1 atom stereocenters. The number of hydrogen-bond donors (Lipinski definition) is 1. The molecule has 4 rings (SSSR count). The van der Waals surface area contributed by atoms with E-state index in [0.29, 0.717) is 12.4 Å². The fourth-order valence-corrected chi connectivity index (χ4v) is 4.19. The van der Waals surface area contributed by atoms with Crippen molar-refractivity contribution in [2.45, 2.75) is 38.0 Å². The normalized spacial score (nSPS) is 16.5. The van der Waals surface area contributed by atoms with Gasteiger partial charge in [0.2, 0.25) is 0 Å². The summed E-state index contributed by atoms with van der Waals surface area (Å²) in [5.41, 5.74) is 1.64. The number of ether oxygens (including phenoxy) is 3. The van der Waals surface area contributed by atoms with E-state index in [9.17, 15) is 13.6 Å². The number of alkyl carbamates (subject to hydrolysis) is 1. The highest BCUT2D eigenvalue weighted by Crippen LogP contribution is 2.31. The standard InChI is InChI=1S/C23H24F2IN3O4/c24-23(25,14-27-22(30)32-13-16-6-2-1-3-7-16)15-33-17-9-10-19-18(12-17)21(26)28-29(19)20-8-4-5-11-31-20/h1-3,6-7,9-10,12,20H,4-5,8,11,13-15H2,(H,27,30). The molecule has 176 valence electrons. The number of nitrogens with zero attached hydrogens (tertiary/aromatic N) is 2. The van der Waals surface area contributed by atoms with Gasteiger partial charge in [-0.25, -0.2) is 18.3 Å². The Labute approximate surface area is 203 Å². The van der Waals surface area contributed by atoms with Gasteiger partial charge in [-0.3, -0.25) is 0 Å². The van der Waals surface area contributed by atoms with Crippen LogP contribution in [0.2, 0.25) is 0 Å². The van der Waals surface area contributed by atoms with Gasteiger partial charge in [0, 0.05) is 12.0 Å². The maximum absolute atomic E-state index is 14.2. The molecule has 0 saturated carbocycles. The van der Waals surface area contributed by atoms with Crippen molar-refractivity contribution < 1.29 is 27.8 Å². The lowest BCUT2D eigenvalue weighted by Gasteiger charge is -2.23. The molecule has 3 aromatic rings. The number of amides is 1. The van der Waals surface area contributed by atoms with Gasteiger partial charge in [-0.1, -0.05) is 30.3 Å². The minimum atomic E-state index is -3.27. The third-order valence-electron chi connectivity index (χ3n) is 5.22. The third-order valence-corrected chi connectivity index (χ3v) is 6.01. The predicted molar refractivity (Wildman–Crippen MR) is 126 cm³/mol. The molecule has 1 aliphatic heterocycles. The van der Waals surface area contributed by atoms with Gasteiger partial charge < -0.3 is 19.5 Å². The summed E-state index contributed by atoms with van der Waals surface area (Å²) in [5.74, 6) is -2.97. The maximum Gasteiger partial charge on any atom is 0.407 e. The quantitative estimate of drug-likeness (QED) is 0.373. The number of nitrogens with one attached hydrogen (secondary N) is 1. The summed E-state index contributed by atoms with van der Waals surface area (Å²) in [4.78, 5) is 11.7. The minimum Gasteiger partial charge on any atom is -0.487 e. The number of carbonyl (C=O) groups is 1. The Bertz CT molecular complexity index is 1090. The Morgan fingerprint density at radius 3 is 2.82 bits per heavy atom. The zero-order chi connectivity index (χ0) is 23.3. The fraction of sp³-hybridized carbons (Fsp3) is 0.391. The Kier molecular flexibility index (Phi) is 7.63. The predicted octanol–water partition coefficient (Wildman–Crippen LogP) is 5.28. The van der Waals surface area contributed by atoms with Crippen LogP contribution in [-0.4, -0.2) is 41.6 Å². The van der Waals surface area contributed by atoms with Crippen LogP contribution in [0.5, 0.6) is 5.75 Å². The van der Waals surface area contributed by atoms with E-state index in [1.807, 2.05) is 10.7 Å². The topological polar surface area (TPSA) is 74.6 Å². The second-order valence-electron chi connectivity index (χ2n) is 7.80. The summed E-state index contributed by atoms with van der Waals surface area (Å²) in [6.07, 6.45) is 1.98. The molecule has 1 aromatic heterocycles. The number of fused-ring (bicyclic) bond motifs is 1. The van der Waals surface area contributed by atoms with Gasteiger partial charge in [0.05, 0.1) is 12.1 Å². The van der Waals surface area contributed by atoms with E-state index in [1.165, 1.54) is 0 Å². The monoisotopic (exact) mass is 571 g/mol. The van der Waals surface area contributed by atoms with Crippen molar-refractivity contribution >= 4 is 39.6 Å². The molecule has 0 spiro atoms. The summed E-state index contributed by atoms with van der Waals surface area (Å²) in [7, 11) is 0. The zero-order valence-electron chi connectivity index (χ0n) is 17.8. The Morgan fingerprint density at radius 1 is 1.24 bits per heavy atom. The van der Waals surface area contributed by atoms with Crippen LogP contribution in [0.3, 0.4) is 0 Å². The van der Waals surface area contributed by atoms with Crippen LogP contribution >= 0.6 is 22.6 Å². The van der Waals surface area contributed by atoms with Crippen LogP contribution in [-0.2, 0) is 16.1 Å². The number of carbonyl (C=O) groups excluding carboxylic acids is 1. The van der Waals surface area contributed by atoms with Crippen LogP contribution in [0.25, 0.3) is 10.9 Å². The van der Waals surface area contributed by atoms with Crippen LogP contribution in [0.4, 0.5) is 13.6 Å². The molecule has 2 heterocycles. The highest BCUT2D eigenvalue weighted by molar-refractivity contribution is 14.1. The van der Waals surface area contributed by atoms with Crippen molar-refractivity contribution in [2.24, 2.45) is 0 Å². The van der Waals surface area contributed by atoms with Crippen molar-refractivity contribution in [1.82, 2.24) is 15.1 Å². The van der Waals surface area contributed by atoms with E-state index < -0.39 is 25.2 Å². The van der Waals surface area contributed by atoms with Crippen molar-refractivity contribution in [2.75, 3.05) is 19.8 Å². The van der Waals surface area contributed by atoms with E-state index in [4.69, 9.17) is 14.2 Å². The lowest BCUT2D eigenvalue weighted by Crippen LogP contribution is -2.40. The van der Waals surface area contributed by atoms with E-state index in [0.717, 1.165) is 39.4 Å². The molecule has 1 amide bonds. The van der Waals surface area contributed by atoms with Crippen LogP contribution < -0.4 is 10.1 Å². The highest BCUT2D eigenvalue weighted by atomic mass is 127. The van der Waals surface area contributed by atoms with E-state index >= 15 is 0 Å². The lowest BCUT2D eigenvalue weighted by atomic mass is 10.2. The number of halogens is 3. The van der Waals surface area contributed by atoms with Crippen molar-refractivity contribution in [1.29, 1.82) is 0 Å². The number of aromatic nitrogens is 2. The van der Waals surface area contributed by atoms with Crippen molar-refractivity contribution in [3.63, 3.8) is 0 Å². The van der Waals surface area contributed by atoms with E-state index in [1.54, 1.807) is 42.5 Å². The molecule has 1 N–H and O–H groups in total. The molecule has 10 heteroatoms. The number of hydrogen-bond acceptors (Lipinski definition) is 5. The molecule has 2 aromatic carbocycles. The first kappa shape index (κ1) is 23.7. The minimum absolute atomic E-state index is 0.00692. The molecule has 0 bridgehead atoms.